The van der Waals surface area contributed by atoms with Crippen molar-refractivity contribution >= 4 is 11.7 Å². The molecule has 1 aromatic rings. The summed E-state index contributed by atoms with van der Waals surface area (Å²) >= 11 is 0. The fraction of sp³-hybridized carbons (Fsp3) is 0.600. The molecule has 120 valence electrons. The number of carbonyl (C=O) groups excluding carboxylic acids is 1. The van der Waals surface area contributed by atoms with Crippen LogP contribution in [-0.2, 0) is 4.79 Å². The maximum Gasteiger partial charge on any atom is 0.406 e. The molecule has 0 radical (unpaired) electrons. The van der Waals surface area contributed by atoms with Gasteiger partial charge in [-0.15, -0.1) is 0 Å². The molecule has 0 aromatic carbocycles. The third-order valence-electron chi connectivity index (χ3n) is 3.82. The minimum Gasteiger partial charge on any atom is -0.476 e. The van der Waals surface area contributed by atoms with Crippen LogP contribution in [0.3, 0.4) is 0 Å². The lowest BCUT2D eigenvalue weighted by Gasteiger charge is -2.21. The van der Waals surface area contributed by atoms with E-state index in [2.05, 4.69) is 10.3 Å². The van der Waals surface area contributed by atoms with Crippen LogP contribution in [0.4, 0.5) is 5.82 Å². The second kappa shape index (κ2) is 7.72. The SMILES string of the molecule is Cc1ccc(OCC(=O)NCC2CCCCC2)c([N+](=O)[O-])n1. The second-order valence-electron chi connectivity index (χ2n) is 5.63. The van der Waals surface area contributed by atoms with E-state index in [4.69, 9.17) is 4.74 Å². The molecule has 0 aliphatic heterocycles. The van der Waals surface area contributed by atoms with Crippen molar-refractivity contribution in [1.29, 1.82) is 0 Å². The van der Waals surface area contributed by atoms with Crippen LogP contribution in [0.1, 0.15) is 37.8 Å². The Labute approximate surface area is 129 Å². The number of pyridine rings is 1. The molecule has 1 amide bonds. The molecule has 1 aliphatic carbocycles. The van der Waals surface area contributed by atoms with E-state index < -0.39 is 4.92 Å². The summed E-state index contributed by atoms with van der Waals surface area (Å²) in [4.78, 5) is 25.9. The molecule has 7 nitrogen and oxygen atoms in total. The average Bonchev–Trinajstić information content (AvgIpc) is 2.52. The van der Waals surface area contributed by atoms with Crippen LogP contribution >= 0.6 is 0 Å². The lowest BCUT2D eigenvalue weighted by molar-refractivity contribution is -0.390. The quantitative estimate of drug-likeness (QED) is 0.643. The van der Waals surface area contributed by atoms with Crippen LogP contribution in [0.2, 0.25) is 0 Å². The summed E-state index contributed by atoms with van der Waals surface area (Å²) in [7, 11) is 0. The number of aromatic nitrogens is 1. The van der Waals surface area contributed by atoms with Gasteiger partial charge in [-0.25, -0.2) is 0 Å². The molecule has 1 fully saturated rings. The molecule has 2 rings (SSSR count). The molecule has 0 unspecified atom stereocenters. The Balaban J connectivity index is 1.82. The van der Waals surface area contributed by atoms with E-state index in [-0.39, 0.29) is 24.1 Å². The predicted molar refractivity (Wildman–Crippen MR) is 80.7 cm³/mol. The smallest absolute Gasteiger partial charge is 0.406 e. The van der Waals surface area contributed by atoms with Crippen LogP contribution < -0.4 is 10.1 Å². The van der Waals surface area contributed by atoms with Crippen molar-refractivity contribution < 1.29 is 14.5 Å². The molecular formula is C15H21N3O4. The zero-order chi connectivity index (χ0) is 15.9. The van der Waals surface area contributed by atoms with Gasteiger partial charge in [-0.05, 0) is 40.8 Å². The first-order valence-corrected chi connectivity index (χ1v) is 7.58. The Kier molecular flexibility index (Phi) is 5.68. The van der Waals surface area contributed by atoms with E-state index in [1.165, 1.54) is 25.3 Å². The minimum absolute atomic E-state index is 0.0171. The summed E-state index contributed by atoms with van der Waals surface area (Å²) in [6.45, 7) is 2.07. The number of rotatable bonds is 6. The molecule has 0 spiro atoms. The highest BCUT2D eigenvalue weighted by Gasteiger charge is 2.19. The Morgan fingerprint density at radius 1 is 1.41 bits per heavy atom. The topological polar surface area (TPSA) is 94.4 Å². The van der Waals surface area contributed by atoms with Crippen LogP contribution in [0, 0.1) is 23.0 Å². The highest BCUT2D eigenvalue weighted by molar-refractivity contribution is 5.77. The molecule has 1 heterocycles. The number of hydrogen-bond acceptors (Lipinski definition) is 5. The fourth-order valence-corrected chi connectivity index (χ4v) is 2.62. The Bertz CT molecular complexity index is 542. The van der Waals surface area contributed by atoms with Crippen LogP contribution in [0.5, 0.6) is 5.75 Å². The van der Waals surface area contributed by atoms with Gasteiger partial charge in [0.2, 0.25) is 5.75 Å². The highest BCUT2D eigenvalue weighted by atomic mass is 16.6. The fourth-order valence-electron chi connectivity index (χ4n) is 2.62. The van der Waals surface area contributed by atoms with Crippen molar-refractivity contribution in [2.24, 2.45) is 5.92 Å². The van der Waals surface area contributed by atoms with Crippen molar-refractivity contribution in [3.05, 3.63) is 27.9 Å². The number of nitrogens with zero attached hydrogens (tertiary/aromatic N) is 2. The number of aryl methyl sites for hydroxylation is 1. The van der Waals surface area contributed by atoms with Gasteiger partial charge in [-0.2, -0.15) is 0 Å². The van der Waals surface area contributed by atoms with Gasteiger partial charge in [0, 0.05) is 13.5 Å². The van der Waals surface area contributed by atoms with Gasteiger partial charge in [0.1, 0.15) is 5.69 Å². The largest absolute Gasteiger partial charge is 0.476 e. The number of nitro groups is 1. The van der Waals surface area contributed by atoms with Crippen LogP contribution in [0.15, 0.2) is 12.1 Å². The Morgan fingerprint density at radius 3 is 2.82 bits per heavy atom. The number of hydrogen-bond donors (Lipinski definition) is 1. The third kappa shape index (κ3) is 4.68. The number of ether oxygens (including phenoxy) is 1. The van der Waals surface area contributed by atoms with Crippen molar-refractivity contribution in [2.45, 2.75) is 39.0 Å². The van der Waals surface area contributed by atoms with E-state index in [0.717, 1.165) is 12.8 Å². The Morgan fingerprint density at radius 2 is 2.14 bits per heavy atom. The maximum absolute atomic E-state index is 11.8. The van der Waals surface area contributed by atoms with Gasteiger partial charge in [-0.3, -0.25) is 4.79 Å². The van der Waals surface area contributed by atoms with Crippen molar-refractivity contribution in [3.63, 3.8) is 0 Å². The molecule has 7 heteroatoms. The van der Waals surface area contributed by atoms with E-state index >= 15 is 0 Å². The van der Waals surface area contributed by atoms with E-state index in [1.807, 2.05) is 0 Å². The normalized spacial score (nSPS) is 15.3. The minimum atomic E-state index is -0.609. The molecule has 22 heavy (non-hydrogen) atoms. The van der Waals surface area contributed by atoms with Gasteiger partial charge < -0.3 is 20.2 Å². The number of carbonyl (C=O) groups is 1. The van der Waals surface area contributed by atoms with Gasteiger partial charge >= 0.3 is 5.82 Å². The molecule has 1 N–H and O–H groups in total. The number of amides is 1. The van der Waals surface area contributed by atoms with Gasteiger partial charge in [0.25, 0.3) is 5.91 Å². The summed E-state index contributed by atoms with van der Waals surface area (Å²) in [5.41, 5.74) is 0.529. The highest BCUT2D eigenvalue weighted by Crippen LogP contribution is 2.24. The van der Waals surface area contributed by atoms with E-state index in [1.54, 1.807) is 13.0 Å². The van der Waals surface area contributed by atoms with Crippen molar-refractivity contribution in [2.75, 3.05) is 13.2 Å². The monoisotopic (exact) mass is 307 g/mol. The molecule has 1 saturated carbocycles. The predicted octanol–water partition coefficient (Wildman–Crippen LogP) is 2.37. The number of nitrogens with one attached hydrogen (secondary N) is 1. The van der Waals surface area contributed by atoms with E-state index in [0.29, 0.717) is 18.2 Å². The van der Waals surface area contributed by atoms with Crippen molar-refractivity contribution in [3.8, 4) is 5.75 Å². The Hall–Kier alpha value is -2.18. The zero-order valence-electron chi connectivity index (χ0n) is 12.7. The van der Waals surface area contributed by atoms with Gasteiger partial charge in [0.15, 0.2) is 6.61 Å². The van der Waals surface area contributed by atoms with E-state index in [9.17, 15) is 14.9 Å². The summed E-state index contributed by atoms with van der Waals surface area (Å²) < 4.78 is 5.24. The molecule has 0 bridgehead atoms. The van der Waals surface area contributed by atoms with Crippen LogP contribution in [-0.4, -0.2) is 29.0 Å². The lowest BCUT2D eigenvalue weighted by Crippen LogP contribution is -2.33. The summed E-state index contributed by atoms with van der Waals surface area (Å²) in [6, 6.07) is 3.08. The van der Waals surface area contributed by atoms with Gasteiger partial charge in [-0.1, -0.05) is 19.3 Å². The molecule has 0 atom stereocenters. The lowest BCUT2D eigenvalue weighted by atomic mass is 9.89. The maximum atomic E-state index is 11.8. The first-order valence-electron chi connectivity index (χ1n) is 7.58. The van der Waals surface area contributed by atoms with Gasteiger partial charge in [0.05, 0.1) is 0 Å². The second-order valence-corrected chi connectivity index (χ2v) is 5.63. The summed E-state index contributed by atoms with van der Waals surface area (Å²) in [5.74, 6) is -0.0722. The molecule has 1 aromatic heterocycles. The first-order chi connectivity index (χ1) is 10.6. The van der Waals surface area contributed by atoms with Crippen LogP contribution in [0.25, 0.3) is 0 Å². The standard InChI is InChI=1S/C15H21N3O4/c1-11-7-8-13(15(17-11)18(20)21)22-10-14(19)16-9-12-5-3-2-4-6-12/h7-8,12H,2-6,9-10H2,1H3,(H,16,19). The third-order valence-corrected chi connectivity index (χ3v) is 3.82. The van der Waals surface area contributed by atoms with Crippen molar-refractivity contribution in [1.82, 2.24) is 10.3 Å². The molecule has 0 saturated heterocycles. The average molecular weight is 307 g/mol. The summed E-state index contributed by atoms with van der Waals surface area (Å²) in [6.07, 6.45) is 6.01. The molecule has 1 aliphatic rings. The summed E-state index contributed by atoms with van der Waals surface area (Å²) in [5, 5.41) is 13.7. The molecular weight excluding hydrogens is 286 g/mol. The zero-order valence-corrected chi connectivity index (χ0v) is 12.7. The first kappa shape index (κ1) is 16.2.